The number of aliphatic hydroxyl groups excluding tert-OH is 2. The van der Waals surface area contributed by atoms with Gasteiger partial charge in [-0.15, -0.1) is 0 Å². The summed E-state index contributed by atoms with van der Waals surface area (Å²) in [7, 11) is 0. The second-order valence-electron chi connectivity index (χ2n) is 9.13. The normalized spacial score (nSPS) is 33.8. The summed E-state index contributed by atoms with van der Waals surface area (Å²) in [4.78, 5) is 0. The third-order valence-corrected chi connectivity index (χ3v) is 6.60. The fourth-order valence-corrected chi connectivity index (χ4v) is 4.83. The molecule has 2 aliphatic carbocycles. The smallest absolute Gasteiger partial charge is 0.0745 e. The topological polar surface area (TPSA) is 58.9 Å². The second-order valence-corrected chi connectivity index (χ2v) is 9.13. The van der Waals surface area contributed by atoms with E-state index in [-0.39, 0.29) is 12.2 Å². The first-order chi connectivity index (χ1) is 11.8. The zero-order valence-corrected chi connectivity index (χ0v) is 16.7. The molecular formula is C21H40O4. The van der Waals surface area contributed by atoms with E-state index in [9.17, 15) is 10.2 Å². The molecule has 2 unspecified atom stereocenters. The molecule has 0 heterocycles. The third-order valence-electron chi connectivity index (χ3n) is 6.60. The molecule has 2 fully saturated rings. The van der Waals surface area contributed by atoms with Crippen molar-refractivity contribution in [2.45, 2.75) is 103 Å². The van der Waals surface area contributed by atoms with Crippen molar-refractivity contribution < 1.29 is 19.7 Å². The van der Waals surface area contributed by atoms with Crippen LogP contribution < -0.4 is 0 Å². The first-order valence-corrected chi connectivity index (χ1v) is 10.4. The van der Waals surface area contributed by atoms with E-state index in [4.69, 9.17) is 9.47 Å². The van der Waals surface area contributed by atoms with Gasteiger partial charge in [0, 0.05) is 0 Å². The van der Waals surface area contributed by atoms with Crippen molar-refractivity contribution in [3.05, 3.63) is 0 Å². The molecule has 2 rings (SSSR count). The number of hydrogen-bond acceptors (Lipinski definition) is 4. The lowest BCUT2D eigenvalue weighted by Crippen LogP contribution is -2.39. The maximum absolute atomic E-state index is 9.38. The van der Waals surface area contributed by atoms with E-state index in [2.05, 4.69) is 13.8 Å². The quantitative estimate of drug-likeness (QED) is 0.692. The molecule has 0 radical (unpaired) electrons. The monoisotopic (exact) mass is 356 g/mol. The molecule has 4 heteroatoms. The number of rotatable bonds is 8. The van der Waals surface area contributed by atoms with E-state index in [0.29, 0.717) is 30.8 Å². The first-order valence-electron chi connectivity index (χ1n) is 10.4. The van der Waals surface area contributed by atoms with Crippen LogP contribution in [0, 0.1) is 17.3 Å². The molecule has 25 heavy (non-hydrogen) atoms. The zero-order valence-electron chi connectivity index (χ0n) is 16.7. The van der Waals surface area contributed by atoms with Gasteiger partial charge in [0.15, 0.2) is 0 Å². The highest BCUT2D eigenvalue weighted by Crippen LogP contribution is 2.48. The van der Waals surface area contributed by atoms with E-state index in [1.807, 2.05) is 0 Å². The Kier molecular flexibility index (Phi) is 8.19. The molecule has 0 amide bonds. The van der Waals surface area contributed by atoms with Crippen molar-refractivity contribution >= 4 is 0 Å². The predicted octanol–water partition coefficient (Wildman–Crippen LogP) is 3.93. The minimum atomic E-state index is -0.361. The standard InChI is InChI=1S/C21H40O4/c1-15(22)13-24-19-9-5-17(6-10-19)21(3,4)18-7-11-20(12-8-18)25-14-16(2)23/h15-20,22-23H,5-14H2,1-4H3. The van der Waals surface area contributed by atoms with Crippen LogP contribution in [0.4, 0.5) is 0 Å². The fraction of sp³-hybridized carbons (Fsp3) is 1.00. The highest BCUT2D eigenvalue weighted by atomic mass is 16.5. The molecule has 0 aromatic rings. The Morgan fingerprint density at radius 1 is 0.720 bits per heavy atom. The summed E-state index contributed by atoms with van der Waals surface area (Å²) in [6.07, 6.45) is 9.47. The zero-order chi connectivity index (χ0) is 18.4. The van der Waals surface area contributed by atoms with E-state index in [1.165, 1.54) is 25.7 Å². The van der Waals surface area contributed by atoms with Crippen LogP contribution >= 0.6 is 0 Å². The van der Waals surface area contributed by atoms with Crippen molar-refractivity contribution in [2.75, 3.05) is 13.2 Å². The van der Waals surface area contributed by atoms with Crippen molar-refractivity contribution in [1.29, 1.82) is 0 Å². The van der Waals surface area contributed by atoms with Gasteiger partial charge in [-0.3, -0.25) is 0 Å². The van der Waals surface area contributed by atoms with Gasteiger partial charge in [0.2, 0.25) is 0 Å². The molecule has 0 spiro atoms. The highest BCUT2D eigenvalue weighted by Gasteiger charge is 2.40. The maximum Gasteiger partial charge on any atom is 0.0745 e. The second kappa shape index (κ2) is 9.68. The van der Waals surface area contributed by atoms with Crippen LogP contribution in [0.5, 0.6) is 0 Å². The fourth-order valence-electron chi connectivity index (χ4n) is 4.83. The van der Waals surface area contributed by atoms with E-state index in [0.717, 1.165) is 37.5 Å². The van der Waals surface area contributed by atoms with Crippen LogP contribution in [0.15, 0.2) is 0 Å². The van der Waals surface area contributed by atoms with Crippen LogP contribution in [-0.2, 0) is 9.47 Å². The molecular weight excluding hydrogens is 316 g/mol. The van der Waals surface area contributed by atoms with E-state index >= 15 is 0 Å². The third kappa shape index (κ3) is 6.50. The summed E-state index contributed by atoms with van der Waals surface area (Å²) in [5.74, 6) is 1.55. The Hall–Kier alpha value is -0.160. The summed E-state index contributed by atoms with van der Waals surface area (Å²) < 4.78 is 11.6. The average molecular weight is 357 g/mol. The van der Waals surface area contributed by atoms with Gasteiger partial charge in [0.1, 0.15) is 0 Å². The van der Waals surface area contributed by atoms with Crippen molar-refractivity contribution in [3.8, 4) is 0 Å². The summed E-state index contributed by atoms with van der Waals surface area (Å²) in [5.41, 5.74) is 0.379. The molecule has 0 aromatic carbocycles. The van der Waals surface area contributed by atoms with Gasteiger partial charge in [0.05, 0.1) is 37.6 Å². The maximum atomic E-state index is 9.38. The molecule has 0 bridgehead atoms. The van der Waals surface area contributed by atoms with Gasteiger partial charge in [-0.1, -0.05) is 13.8 Å². The predicted molar refractivity (Wildman–Crippen MR) is 101 cm³/mol. The lowest BCUT2D eigenvalue weighted by atomic mass is 9.60. The van der Waals surface area contributed by atoms with Crippen molar-refractivity contribution in [3.63, 3.8) is 0 Å². The molecule has 2 aliphatic rings. The average Bonchev–Trinajstić information content (AvgIpc) is 2.59. The summed E-state index contributed by atoms with van der Waals surface area (Å²) in [5, 5.41) is 18.8. The molecule has 0 aromatic heterocycles. The minimum absolute atomic E-state index is 0.339. The van der Waals surface area contributed by atoms with Gasteiger partial charge in [-0.05, 0) is 82.5 Å². The number of hydrogen-bond donors (Lipinski definition) is 2. The number of ether oxygens (including phenoxy) is 2. The molecule has 148 valence electrons. The van der Waals surface area contributed by atoms with Gasteiger partial charge in [0.25, 0.3) is 0 Å². The molecule has 2 saturated carbocycles. The molecule has 0 aliphatic heterocycles. The van der Waals surface area contributed by atoms with Gasteiger partial charge < -0.3 is 19.7 Å². The van der Waals surface area contributed by atoms with Crippen LogP contribution in [-0.4, -0.2) is 47.8 Å². The van der Waals surface area contributed by atoms with Crippen LogP contribution in [0.3, 0.4) is 0 Å². The molecule has 2 N–H and O–H groups in total. The Bertz CT molecular complexity index is 330. The van der Waals surface area contributed by atoms with Crippen molar-refractivity contribution in [2.24, 2.45) is 17.3 Å². The summed E-state index contributed by atoms with van der Waals surface area (Å²) in [6.45, 7) is 9.45. The van der Waals surface area contributed by atoms with E-state index < -0.39 is 0 Å². The Morgan fingerprint density at radius 2 is 1.04 bits per heavy atom. The minimum Gasteiger partial charge on any atom is -0.391 e. The van der Waals surface area contributed by atoms with Gasteiger partial charge >= 0.3 is 0 Å². The Balaban J connectivity index is 1.75. The molecule has 2 atom stereocenters. The SMILES string of the molecule is CC(O)COC1CCC(C(C)(C)C2CCC(OCC(C)O)CC2)CC1. The Labute approximate surface area is 154 Å². The van der Waals surface area contributed by atoms with Crippen molar-refractivity contribution in [1.82, 2.24) is 0 Å². The van der Waals surface area contributed by atoms with Crippen LogP contribution in [0.25, 0.3) is 0 Å². The van der Waals surface area contributed by atoms with Gasteiger partial charge in [-0.25, -0.2) is 0 Å². The largest absolute Gasteiger partial charge is 0.391 e. The van der Waals surface area contributed by atoms with Crippen LogP contribution in [0.1, 0.15) is 79.1 Å². The molecule has 0 saturated heterocycles. The number of aliphatic hydroxyl groups is 2. The lowest BCUT2D eigenvalue weighted by Gasteiger charge is -2.46. The van der Waals surface area contributed by atoms with Crippen LogP contribution in [0.2, 0.25) is 0 Å². The highest BCUT2D eigenvalue weighted by molar-refractivity contribution is 4.91. The van der Waals surface area contributed by atoms with E-state index in [1.54, 1.807) is 13.8 Å². The summed E-state index contributed by atoms with van der Waals surface area (Å²) >= 11 is 0. The Morgan fingerprint density at radius 3 is 1.32 bits per heavy atom. The van der Waals surface area contributed by atoms with Gasteiger partial charge in [-0.2, -0.15) is 0 Å². The lowest BCUT2D eigenvalue weighted by molar-refractivity contribution is -0.0568. The molecule has 4 nitrogen and oxygen atoms in total. The first kappa shape index (κ1) is 21.1. The summed E-state index contributed by atoms with van der Waals surface area (Å²) in [6, 6.07) is 0.